The van der Waals surface area contributed by atoms with Crippen molar-refractivity contribution in [2.75, 3.05) is 24.6 Å². The van der Waals surface area contributed by atoms with Crippen LogP contribution in [-0.2, 0) is 9.92 Å². The number of hydrogen-bond acceptors (Lipinski definition) is 9. The van der Waals surface area contributed by atoms with Crippen molar-refractivity contribution in [3.05, 3.63) is 54.0 Å². The summed E-state index contributed by atoms with van der Waals surface area (Å²) in [6.45, 7) is 8.61. The molecule has 11 nitrogen and oxygen atoms in total. The van der Waals surface area contributed by atoms with Crippen LogP contribution in [0.15, 0.2) is 47.4 Å². The first-order valence-corrected chi connectivity index (χ1v) is 15.8. The Kier molecular flexibility index (Phi) is 6.86. The van der Waals surface area contributed by atoms with Crippen molar-refractivity contribution in [3.63, 3.8) is 0 Å². The van der Waals surface area contributed by atoms with E-state index in [1.807, 2.05) is 6.07 Å². The number of carbonyl (C=O) groups excluding carboxylic acids is 1. The van der Waals surface area contributed by atoms with Gasteiger partial charge in [-0.15, -0.1) is 5.10 Å². The summed E-state index contributed by atoms with van der Waals surface area (Å²) in [6, 6.07) is 5.19. The van der Waals surface area contributed by atoms with Crippen LogP contribution in [0.25, 0.3) is 5.82 Å². The molecular formula is C29H37N8O3S+. The lowest BCUT2D eigenvalue weighted by atomic mass is 9.93. The molecule has 2 atom stereocenters. The number of nitrogens with one attached hydrogen (secondary N) is 3. The molecule has 41 heavy (non-hydrogen) atoms. The molecule has 3 aliphatic heterocycles. The van der Waals surface area contributed by atoms with Crippen LogP contribution in [0.1, 0.15) is 69.7 Å². The highest BCUT2D eigenvalue weighted by Crippen LogP contribution is 2.48. The van der Waals surface area contributed by atoms with Gasteiger partial charge in [0.15, 0.2) is 21.8 Å². The number of rotatable bonds is 5. The third-order valence-corrected chi connectivity index (χ3v) is 9.75. The van der Waals surface area contributed by atoms with Gasteiger partial charge in [0.1, 0.15) is 18.0 Å². The van der Waals surface area contributed by atoms with Crippen molar-refractivity contribution in [1.29, 1.82) is 4.78 Å². The highest BCUT2D eigenvalue weighted by molar-refractivity contribution is 8.06. The van der Waals surface area contributed by atoms with Gasteiger partial charge in [0.05, 0.1) is 12.2 Å². The van der Waals surface area contributed by atoms with Crippen LogP contribution in [0.2, 0.25) is 0 Å². The fraction of sp³-hybridized carbons (Fsp3) is 0.517. The number of aliphatic imine (C=N–C) groups is 1. The summed E-state index contributed by atoms with van der Waals surface area (Å²) >= 11 is 0. The summed E-state index contributed by atoms with van der Waals surface area (Å²) in [4.78, 5) is 25.0. The number of ether oxygens (including phenoxy) is 1. The van der Waals surface area contributed by atoms with Crippen molar-refractivity contribution in [2.24, 2.45) is 16.3 Å². The molecular weight excluding hydrogens is 540 g/mol. The maximum atomic E-state index is 13.6. The minimum Gasteiger partial charge on any atom is -0.477 e. The van der Waals surface area contributed by atoms with Crippen LogP contribution in [0.3, 0.4) is 0 Å². The molecule has 4 aliphatic rings. The van der Waals surface area contributed by atoms with Gasteiger partial charge in [0.25, 0.3) is 11.7 Å². The predicted octanol–water partition coefficient (Wildman–Crippen LogP) is 4.13. The second-order valence-electron chi connectivity index (χ2n) is 12.4. The molecule has 0 aromatic carbocycles. The van der Waals surface area contributed by atoms with E-state index in [0.717, 1.165) is 32.2 Å². The number of hydrogen-bond donors (Lipinski definition) is 3. The van der Waals surface area contributed by atoms with Gasteiger partial charge >= 0.3 is 0 Å². The SMILES string of the molecule is CC1(CCOc2ccn(-c3ccc4c(n3)N3CC(CCCNC5=[C+]C=CC(=N5)S(=N)(=O)NC4=O)CC3(C)C)n2)CC1. The highest BCUT2D eigenvalue weighted by atomic mass is 32.2. The monoisotopic (exact) mass is 577 g/mol. The van der Waals surface area contributed by atoms with E-state index in [2.05, 4.69) is 51.9 Å². The maximum absolute atomic E-state index is 13.6. The van der Waals surface area contributed by atoms with Crippen LogP contribution < -0.4 is 19.7 Å². The average Bonchev–Trinajstić information content (AvgIpc) is 3.33. The molecule has 1 saturated carbocycles. The van der Waals surface area contributed by atoms with E-state index in [-0.39, 0.29) is 16.1 Å². The molecule has 0 radical (unpaired) electrons. The first kappa shape index (κ1) is 27.4. The zero-order valence-corrected chi connectivity index (χ0v) is 24.6. The molecule has 1 saturated heterocycles. The Hall–Kier alpha value is -3.76. The Morgan fingerprint density at radius 2 is 2.07 bits per heavy atom. The fourth-order valence-electron chi connectivity index (χ4n) is 5.74. The summed E-state index contributed by atoms with van der Waals surface area (Å²) in [6.07, 6.45) is 14.1. The third-order valence-electron chi connectivity index (χ3n) is 8.46. The van der Waals surface area contributed by atoms with E-state index in [4.69, 9.17) is 14.5 Å². The Labute approximate surface area is 241 Å². The van der Waals surface area contributed by atoms with Crippen molar-refractivity contribution < 1.29 is 13.7 Å². The average molecular weight is 578 g/mol. The van der Waals surface area contributed by atoms with Crippen LogP contribution in [0.4, 0.5) is 5.82 Å². The molecule has 12 heteroatoms. The van der Waals surface area contributed by atoms with E-state index >= 15 is 0 Å². The van der Waals surface area contributed by atoms with E-state index < -0.39 is 15.8 Å². The summed E-state index contributed by atoms with van der Waals surface area (Å²) < 4.78 is 31.8. The third kappa shape index (κ3) is 5.85. The Balaban J connectivity index is 1.34. The highest BCUT2D eigenvalue weighted by Gasteiger charge is 2.41. The molecule has 6 rings (SSSR count). The van der Waals surface area contributed by atoms with Gasteiger partial charge in [0, 0.05) is 30.9 Å². The zero-order chi connectivity index (χ0) is 28.8. The molecule has 216 valence electrons. The molecule has 4 bridgehead atoms. The maximum Gasteiger partial charge on any atom is 0.280 e. The zero-order valence-electron chi connectivity index (χ0n) is 23.8. The molecule has 2 aromatic heterocycles. The van der Waals surface area contributed by atoms with Gasteiger partial charge in [-0.2, -0.15) is 4.99 Å². The quantitative estimate of drug-likeness (QED) is 0.455. The number of amides is 1. The predicted molar refractivity (Wildman–Crippen MR) is 157 cm³/mol. The molecule has 1 amide bonds. The summed E-state index contributed by atoms with van der Waals surface area (Å²) in [5, 5.41) is 7.76. The topological polar surface area (TPSA) is 138 Å². The van der Waals surface area contributed by atoms with Crippen LogP contribution in [-0.4, -0.2) is 55.2 Å². The molecule has 2 aromatic rings. The lowest BCUT2D eigenvalue weighted by Gasteiger charge is -2.34. The van der Waals surface area contributed by atoms with E-state index in [0.29, 0.717) is 47.8 Å². The Morgan fingerprint density at radius 1 is 1.24 bits per heavy atom. The number of anilines is 1. The van der Waals surface area contributed by atoms with Crippen LogP contribution in [0.5, 0.6) is 5.88 Å². The molecule has 2 unspecified atom stereocenters. The molecule has 1 aliphatic carbocycles. The minimum atomic E-state index is -3.74. The molecule has 3 N–H and O–H groups in total. The lowest BCUT2D eigenvalue weighted by molar-refractivity contribution is 0.0983. The summed E-state index contributed by atoms with van der Waals surface area (Å²) in [5.74, 6) is 1.72. The smallest absolute Gasteiger partial charge is 0.280 e. The van der Waals surface area contributed by atoms with Gasteiger partial charge in [-0.05, 0) is 75.8 Å². The number of pyridine rings is 1. The first-order valence-electron chi connectivity index (χ1n) is 14.2. The number of allylic oxidation sites excluding steroid dienone is 2. The second kappa shape index (κ2) is 10.3. The fourth-order valence-corrected chi connectivity index (χ4v) is 6.69. The standard InChI is InChI=1S/C29H36N8O3S/c1-28(2)18-20-6-5-15-31-22-7-4-8-25(32-22)41(30,39)35-27(38)21-9-10-23(33-26(21)36(28)19-20)37-16-11-24(34-37)40-17-14-29(3)12-13-29/h4,8-11,16,20H,5-6,12-15,17-19H2,1-3H3,(H2-,30,31,32,35,38,39)/p+1. The normalized spacial score (nSPS) is 26.3. The van der Waals surface area contributed by atoms with Crippen LogP contribution in [0, 0.1) is 22.2 Å². The van der Waals surface area contributed by atoms with Gasteiger partial charge < -0.3 is 15.0 Å². The van der Waals surface area contributed by atoms with E-state index in [9.17, 15) is 9.00 Å². The van der Waals surface area contributed by atoms with Crippen molar-refractivity contribution in [3.8, 4) is 11.7 Å². The number of carbonyl (C=O) groups is 1. The Bertz CT molecular complexity index is 1550. The molecule has 0 spiro atoms. The number of aromatic nitrogens is 3. The lowest BCUT2D eigenvalue weighted by Crippen LogP contribution is -2.41. The van der Waals surface area contributed by atoms with Gasteiger partial charge in [0.2, 0.25) is 10.9 Å². The van der Waals surface area contributed by atoms with E-state index in [1.54, 1.807) is 29.1 Å². The van der Waals surface area contributed by atoms with Gasteiger partial charge in [-0.3, -0.25) is 9.52 Å². The van der Waals surface area contributed by atoms with Crippen molar-refractivity contribution >= 4 is 26.7 Å². The van der Waals surface area contributed by atoms with Gasteiger partial charge in [-0.1, -0.05) is 6.92 Å². The van der Waals surface area contributed by atoms with E-state index in [1.165, 1.54) is 18.9 Å². The molecule has 2 fully saturated rings. The summed E-state index contributed by atoms with van der Waals surface area (Å²) in [5.41, 5.74) is 0.387. The first-order chi connectivity index (χ1) is 19.5. The number of fused-ring (bicyclic) bond motifs is 5. The van der Waals surface area contributed by atoms with Crippen molar-refractivity contribution in [1.82, 2.24) is 24.8 Å². The van der Waals surface area contributed by atoms with Gasteiger partial charge in [-0.25, -0.2) is 18.7 Å². The summed E-state index contributed by atoms with van der Waals surface area (Å²) in [7, 11) is -3.74. The largest absolute Gasteiger partial charge is 0.477 e. The van der Waals surface area contributed by atoms with Crippen molar-refractivity contribution in [2.45, 2.75) is 64.8 Å². The Morgan fingerprint density at radius 3 is 2.88 bits per heavy atom. The molecule has 5 heterocycles. The minimum absolute atomic E-state index is 0.0324. The number of nitrogens with zero attached hydrogens (tertiary/aromatic N) is 5. The second-order valence-corrected chi connectivity index (χ2v) is 14.1. The van der Waals surface area contributed by atoms with Crippen LogP contribution >= 0.6 is 0 Å².